The third kappa shape index (κ3) is 4.40. The summed E-state index contributed by atoms with van der Waals surface area (Å²) in [5.41, 5.74) is 0.741. The van der Waals surface area contributed by atoms with Crippen LogP contribution in [0.3, 0.4) is 0 Å². The molecular weight excluding hydrogens is 395 g/mol. The van der Waals surface area contributed by atoms with Gasteiger partial charge < -0.3 is 4.74 Å². The molecule has 0 spiro atoms. The molecule has 0 unspecified atom stereocenters. The Morgan fingerprint density at radius 3 is 2.67 bits per heavy atom. The van der Waals surface area contributed by atoms with Gasteiger partial charge in [-0.2, -0.15) is 27.8 Å². The van der Waals surface area contributed by atoms with E-state index in [4.69, 9.17) is 4.74 Å². The zero-order chi connectivity index (χ0) is 21.1. The van der Waals surface area contributed by atoms with Crippen molar-refractivity contribution in [3.05, 3.63) is 53.6 Å². The minimum atomic E-state index is -4.51. The van der Waals surface area contributed by atoms with Crippen LogP contribution in [0, 0.1) is 0 Å². The smallest absolute Gasteiger partial charge is 0.433 e. The molecule has 0 saturated carbocycles. The number of benzene rings is 1. The summed E-state index contributed by atoms with van der Waals surface area (Å²) in [6, 6.07) is 9.12. The van der Waals surface area contributed by atoms with Crippen molar-refractivity contribution in [2.24, 2.45) is 0 Å². The quantitative estimate of drug-likeness (QED) is 0.596. The Labute approximate surface area is 172 Å². The summed E-state index contributed by atoms with van der Waals surface area (Å²) in [6.07, 6.45) is -0.975. The summed E-state index contributed by atoms with van der Waals surface area (Å²) < 4.78 is 46.9. The Hall–Kier alpha value is -2.68. The summed E-state index contributed by atoms with van der Waals surface area (Å²) in [6.45, 7) is 5.08. The molecule has 0 radical (unpaired) electrons. The minimum Gasteiger partial charge on any atom is -0.493 e. The molecule has 1 fully saturated rings. The average Bonchev–Trinajstić information content (AvgIpc) is 3.21. The lowest BCUT2D eigenvalue weighted by molar-refractivity contribution is -0.142. The summed E-state index contributed by atoms with van der Waals surface area (Å²) in [5, 5.41) is 3.66. The maximum atomic E-state index is 13.4. The number of hydrogen-bond donors (Lipinski definition) is 0. The molecule has 6 nitrogen and oxygen atoms in total. The van der Waals surface area contributed by atoms with Gasteiger partial charge in [-0.3, -0.25) is 4.90 Å². The molecule has 30 heavy (non-hydrogen) atoms. The second-order valence-electron chi connectivity index (χ2n) is 7.54. The minimum absolute atomic E-state index is 0.00995. The largest absolute Gasteiger partial charge is 0.493 e. The number of likely N-dealkylation sites (tertiary alicyclic amines) is 1. The third-order valence-corrected chi connectivity index (χ3v) is 5.40. The molecule has 1 aliphatic rings. The lowest BCUT2D eigenvalue weighted by atomic mass is 9.92. The lowest BCUT2D eigenvalue weighted by Gasteiger charge is -2.32. The van der Waals surface area contributed by atoms with Crippen molar-refractivity contribution in [2.75, 3.05) is 19.7 Å². The summed E-state index contributed by atoms with van der Waals surface area (Å²) in [5.74, 6) is 0.857. The second kappa shape index (κ2) is 8.59. The van der Waals surface area contributed by atoms with Crippen LogP contribution in [-0.4, -0.2) is 44.2 Å². The number of aromatic nitrogens is 4. The van der Waals surface area contributed by atoms with Gasteiger partial charge >= 0.3 is 6.18 Å². The van der Waals surface area contributed by atoms with Crippen molar-refractivity contribution in [3.8, 4) is 5.75 Å². The number of fused-ring (bicyclic) bond motifs is 1. The molecule has 160 valence electrons. The Morgan fingerprint density at radius 2 is 1.93 bits per heavy atom. The van der Waals surface area contributed by atoms with Crippen LogP contribution in [0.1, 0.15) is 49.1 Å². The topological polar surface area (TPSA) is 55.6 Å². The number of piperidine rings is 1. The fourth-order valence-corrected chi connectivity index (χ4v) is 3.86. The fourth-order valence-electron chi connectivity index (χ4n) is 3.86. The number of ether oxygens (including phenoxy) is 1. The first-order chi connectivity index (χ1) is 14.5. The molecule has 1 aliphatic heterocycles. The molecule has 0 bridgehead atoms. The van der Waals surface area contributed by atoms with Crippen LogP contribution in [0.15, 0.2) is 36.7 Å². The molecule has 2 aromatic heterocycles. The van der Waals surface area contributed by atoms with Crippen molar-refractivity contribution < 1.29 is 17.9 Å². The number of rotatable bonds is 6. The molecule has 0 aliphatic carbocycles. The Morgan fingerprint density at radius 1 is 1.17 bits per heavy atom. The Bertz CT molecular complexity index is 996. The van der Waals surface area contributed by atoms with Crippen LogP contribution in [0.25, 0.3) is 5.78 Å². The molecule has 0 atom stereocenters. The van der Waals surface area contributed by atoms with Gasteiger partial charge in [0.15, 0.2) is 5.69 Å². The van der Waals surface area contributed by atoms with E-state index in [1.165, 1.54) is 0 Å². The predicted octanol–water partition coefficient (Wildman–Crippen LogP) is 4.31. The van der Waals surface area contributed by atoms with Crippen molar-refractivity contribution in [1.82, 2.24) is 24.5 Å². The van der Waals surface area contributed by atoms with E-state index in [2.05, 4.69) is 33.0 Å². The first-order valence-electron chi connectivity index (χ1n) is 10.2. The zero-order valence-corrected chi connectivity index (χ0v) is 16.8. The standard InChI is InChI=1S/C21H24F3N5O/c1-2-11-30-18-6-4-3-5-16(18)13-28-9-7-15(8-10-28)17-12-19(21(22,23)24)29-20(27-17)25-14-26-29/h3-6,12,14-15H,2,7-11,13H2,1H3. The summed E-state index contributed by atoms with van der Waals surface area (Å²) >= 11 is 0. The van der Waals surface area contributed by atoms with Crippen molar-refractivity contribution in [2.45, 2.75) is 44.8 Å². The van der Waals surface area contributed by atoms with Gasteiger partial charge in [0.25, 0.3) is 5.78 Å². The van der Waals surface area contributed by atoms with E-state index in [-0.39, 0.29) is 11.7 Å². The van der Waals surface area contributed by atoms with Crippen LogP contribution in [0.2, 0.25) is 0 Å². The third-order valence-electron chi connectivity index (χ3n) is 5.40. The molecule has 1 saturated heterocycles. The van der Waals surface area contributed by atoms with Gasteiger partial charge in [0.1, 0.15) is 12.1 Å². The number of nitrogens with zero attached hydrogens (tertiary/aromatic N) is 5. The van der Waals surface area contributed by atoms with Crippen LogP contribution in [-0.2, 0) is 12.7 Å². The van der Waals surface area contributed by atoms with Gasteiger partial charge in [-0.25, -0.2) is 4.98 Å². The van der Waals surface area contributed by atoms with Crippen molar-refractivity contribution in [1.29, 1.82) is 0 Å². The lowest BCUT2D eigenvalue weighted by Crippen LogP contribution is -2.33. The highest BCUT2D eigenvalue weighted by Crippen LogP contribution is 2.34. The van der Waals surface area contributed by atoms with Gasteiger partial charge in [0.2, 0.25) is 0 Å². The molecule has 1 aromatic carbocycles. The molecule has 3 heterocycles. The van der Waals surface area contributed by atoms with Crippen LogP contribution < -0.4 is 4.74 Å². The van der Waals surface area contributed by atoms with Gasteiger partial charge in [0.05, 0.1) is 6.61 Å². The highest BCUT2D eigenvalue weighted by Gasteiger charge is 2.36. The number of halogens is 3. The maximum Gasteiger partial charge on any atom is 0.433 e. The second-order valence-corrected chi connectivity index (χ2v) is 7.54. The van der Waals surface area contributed by atoms with Crippen molar-refractivity contribution in [3.63, 3.8) is 0 Å². The summed E-state index contributed by atoms with van der Waals surface area (Å²) in [4.78, 5) is 10.5. The molecular formula is C21H24F3N5O. The van der Waals surface area contributed by atoms with E-state index in [9.17, 15) is 13.2 Å². The van der Waals surface area contributed by atoms with E-state index < -0.39 is 11.9 Å². The van der Waals surface area contributed by atoms with E-state index >= 15 is 0 Å². The molecule has 4 rings (SSSR count). The highest BCUT2D eigenvalue weighted by atomic mass is 19.4. The average molecular weight is 419 g/mol. The Kier molecular flexibility index (Phi) is 5.90. The zero-order valence-electron chi connectivity index (χ0n) is 16.8. The van der Waals surface area contributed by atoms with Gasteiger partial charge in [-0.05, 0) is 44.5 Å². The summed E-state index contributed by atoms with van der Waals surface area (Å²) in [7, 11) is 0. The Balaban J connectivity index is 1.46. The normalized spacial score (nSPS) is 16.3. The maximum absolute atomic E-state index is 13.4. The predicted molar refractivity (Wildman–Crippen MR) is 105 cm³/mol. The first-order valence-corrected chi connectivity index (χ1v) is 10.2. The van der Waals surface area contributed by atoms with E-state index in [0.29, 0.717) is 12.3 Å². The highest BCUT2D eigenvalue weighted by molar-refractivity contribution is 5.34. The first kappa shape index (κ1) is 20.6. The van der Waals surface area contributed by atoms with Gasteiger partial charge in [-0.1, -0.05) is 25.1 Å². The fraction of sp³-hybridized carbons (Fsp3) is 0.476. The molecule has 0 amide bonds. The monoisotopic (exact) mass is 419 g/mol. The van der Waals surface area contributed by atoms with Gasteiger partial charge in [0, 0.05) is 23.7 Å². The van der Waals surface area contributed by atoms with Crippen LogP contribution in [0.5, 0.6) is 5.75 Å². The van der Waals surface area contributed by atoms with Gasteiger partial charge in [-0.15, -0.1) is 0 Å². The van der Waals surface area contributed by atoms with E-state index in [1.807, 2.05) is 18.2 Å². The van der Waals surface area contributed by atoms with Crippen molar-refractivity contribution >= 4 is 5.78 Å². The van der Waals surface area contributed by atoms with E-state index in [0.717, 1.165) is 67.1 Å². The number of para-hydroxylation sites is 1. The van der Waals surface area contributed by atoms with Crippen LogP contribution >= 0.6 is 0 Å². The number of hydrogen-bond acceptors (Lipinski definition) is 5. The number of alkyl halides is 3. The van der Waals surface area contributed by atoms with E-state index in [1.54, 1.807) is 0 Å². The van der Waals surface area contributed by atoms with Crippen LogP contribution in [0.4, 0.5) is 13.2 Å². The molecule has 0 N–H and O–H groups in total. The molecule has 3 aromatic rings. The SMILES string of the molecule is CCCOc1ccccc1CN1CCC(c2cc(C(F)(F)F)n3ncnc3n2)CC1. The molecule has 9 heteroatoms.